The second-order valence-electron chi connectivity index (χ2n) is 7.76. The van der Waals surface area contributed by atoms with Crippen LogP contribution in [0.25, 0.3) is 0 Å². The fourth-order valence-electron chi connectivity index (χ4n) is 3.64. The van der Waals surface area contributed by atoms with Crippen molar-refractivity contribution in [3.63, 3.8) is 0 Å². The maximum atomic E-state index is 10.1. The molecule has 0 radical (unpaired) electrons. The second-order valence-corrected chi connectivity index (χ2v) is 7.76. The van der Waals surface area contributed by atoms with Crippen molar-refractivity contribution in [1.82, 2.24) is 0 Å². The fourth-order valence-corrected chi connectivity index (χ4v) is 3.64. The van der Waals surface area contributed by atoms with Crippen LogP contribution in [0.2, 0.25) is 0 Å². The zero-order chi connectivity index (χ0) is 20.9. The van der Waals surface area contributed by atoms with Crippen LogP contribution in [-0.2, 0) is 18.9 Å². The summed E-state index contributed by atoms with van der Waals surface area (Å²) >= 11 is 0. The molecular formula is C24H40O5. The Hall–Kier alpha value is -0.980. The molecule has 1 aliphatic heterocycles. The van der Waals surface area contributed by atoms with Gasteiger partial charge in [0.1, 0.15) is 30.5 Å². The number of aliphatic hydroxyl groups excluding tert-OH is 1. The number of unbranched alkanes of at least 4 members (excludes halogenated alkanes) is 3. The highest BCUT2D eigenvalue weighted by Crippen LogP contribution is 2.37. The first-order chi connectivity index (χ1) is 14.3. The molecule has 1 fully saturated rings. The Morgan fingerprint density at radius 1 is 0.759 bits per heavy atom. The molecule has 166 valence electrons. The molecule has 1 N–H and O–H groups in total. The van der Waals surface area contributed by atoms with Gasteiger partial charge in [-0.3, -0.25) is 0 Å². The highest BCUT2D eigenvalue weighted by molar-refractivity contribution is 5.20. The first-order valence-corrected chi connectivity index (χ1v) is 11.4. The van der Waals surface area contributed by atoms with E-state index in [-0.39, 0.29) is 31.0 Å². The first kappa shape index (κ1) is 24.3. The first-order valence-electron chi connectivity index (χ1n) is 11.4. The van der Waals surface area contributed by atoms with Gasteiger partial charge in [0, 0.05) is 19.8 Å². The van der Waals surface area contributed by atoms with Crippen LogP contribution in [0, 0.1) is 0 Å². The van der Waals surface area contributed by atoms with Gasteiger partial charge in [-0.05, 0) is 24.8 Å². The van der Waals surface area contributed by atoms with Crippen molar-refractivity contribution >= 4 is 0 Å². The lowest BCUT2D eigenvalue weighted by atomic mass is 9.90. The third-order valence-corrected chi connectivity index (χ3v) is 5.37. The van der Waals surface area contributed by atoms with E-state index in [4.69, 9.17) is 18.9 Å². The molecule has 3 unspecified atom stereocenters. The molecule has 1 heterocycles. The summed E-state index contributed by atoms with van der Waals surface area (Å²) in [5.74, 6) is 0. The standard InChI is InChI=1S/C24H40O5/c1-4-7-15-26-22-20(18-25)29-21(19-13-11-10-12-14-19)23(27-16-8-5-2)24(22)28-17-9-6-3/h10-14,20-25H,4-9,15-18H2,1-3H3/t20-,21?,22?,23?,24+/m1/s1. The van der Waals surface area contributed by atoms with Crippen LogP contribution in [0.1, 0.15) is 71.0 Å². The Labute approximate surface area is 176 Å². The summed E-state index contributed by atoms with van der Waals surface area (Å²) < 4.78 is 25.3. The van der Waals surface area contributed by atoms with E-state index in [9.17, 15) is 5.11 Å². The van der Waals surface area contributed by atoms with Crippen LogP contribution in [0.5, 0.6) is 0 Å². The average molecular weight is 409 g/mol. The van der Waals surface area contributed by atoms with Crippen LogP contribution in [-0.4, -0.2) is 55.9 Å². The molecule has 1 aromatic carbocycles. The summed E-state index contributed by atoms with van der Waals surface area (Å²) in [6, 6.07) is 10.1. The number of aliphatic hydroxyl groups is 1. The molecule has 1 saturated heterocycles. The summed E-state index contributed by atoms with van der Waals surface area (Å²) in [7, 11) is 0. The molecular weight excluding hydrogens is 368 g/mol. The lowest BCUT2D eigenvalue weighted by Crippen LogP contribution is -2.58. The Balaban J connectivity index is 2.28. The molecule has 5 atom stereocenters. The van der Waals surface area contributed by atoms with Crippen molar-refractivity contribution in [1.29, 1.82) is 0 Å². The van der Waals surface area contributed by atoms with Crippen LogP contribution < -0.4 is 0 Å². The van der Waals surface area contributed by atoms with Crippen molar-refractivity contribution in [3.05, 3.63) is 35.9 Å². The van der Waals surface area contributed by atoms with Gasteiger partial charge in [-0.2, -0.15) is 0 Å². The Kier molecular flexibility index (Phi) is 11.8. The SMILES string of the molecule is CCCCOC1C(c2ccccc2)O[C@H](CO)C(OCCCC)[C@@H]1OCCCC. The number of rotatable bonds is 14. The Morgan fingerprint density at radius 2 is 1.28 bits per heavy atom. The summed E-state index contributed by atoms with van der Waals surface area (Å²) in [5.41, 5.74) is 1.04. The molecule has 0 saturated carbocycles. The summed E-state index contributed by atoms with van der Waals surface area (Å²) in [4.78, 5) is 0. The minimum Gasteiger partial charge on any atom is -0.394 e. The van der Waals surface area contributed by atoms with E-state index in [2.05, 4.69) is 32.9 Å². The smallest absolute Gasteiger partial charge is 0.117 e. The number of benzene rings is 1. The van der Waals surface area contributed by atoms with E-state index in [1.54, 1.807) is 0 Å². The third kappa shape index (κ3) is 7.34. The normalized spacial score (nSPS) is 27.2. The number of hydrogen-bond acceptors (Lipinski definition) is 5. The lowest BCUT2D eigenvalue weighted by Gasteiger charge is -2.46. The summed E-state index contributed by atoms with van der Waals surface area (Å²) in [5, 5.41) is 10.1. The highest BCUT2D eigenvalue weighted by Gasteiger charge is 2.48. The molecule has 0 amide bonds. The maximum Gasteiger partial charge on any atom is 0.117 e. The maximum absolute atomic E-state index is 10.1. The van der Waals surface area contributed by atoms with Gasteiger partial charge in [0.15, 0.2) is 0 Å². The van der Waals surface area contributed by atoms with Crippen LogP contribution >= 0.6 is 0 Å². The van der Waals surface area contributed by atoms with E-state index in [0.29, 0.717) is 19.8 Å². The Morgan fingerprint density at radius 3 is 1.79 bits per heavy atom. The molecule has 5 nitrogen and oxygen atoms in total. The Bertz CT molecular complexity index is 523. The van der Waals surface area contributed by atoms with Gasteiger partial charge in [-0.15, -0.1) is 0 Å². The van der Waals surface area contributed by atoms with Crippen molar-refractivity contribution in [2.75, 3.05) is 26.4 Å². The quantitative estimate of drug-likeness (QED) is 0.453. The average Bonchev–Trinajstić information content (AvgIpc) is 2.76. The largest absolute Gasteiger partial charge is 0.394 e. The van der Waals surface area contributed by atoms with Crippen LogP contribution in [0.4, 0.5) is 0 Å². The second kappa shape index (κ2) is 14.1. The van der Waals surface area contributed by atoms with Crippen molar-refractivity contribution in [3.8, 4) is 0 Å². The van der Waals surface area contributed by atoms with Gasteiger partial charge in [0.05, 0.1) is 6.61 Å². The topological polar surface area (TPSA) is 57.2 Å². The minimum atomic E-state index is -0.435. The molecule has 5 heteroatoms. The van der Waals surface area contributed by atoms with Crippen LogP contribution in [0.15, 0.2) is 30.3 Å². The van der Waals surface area contributed by atoms with E-state index in [1.807, 2.05) is 18.2 Å². The van der Waals surface area contributed by atoms with Crippen molar-refractivity contribution in [2.45, 2.75) is 89.8 Å². The highest BCUT2D eigenvalue weighted by atomic mass is 16.6. The number of ether oxygens (including phenoxy) is 4. The van der Waals surface area contributed by atoms with Gasteiger partial charge in [-0.1, -0.05) is 70.4 Å². The monoisotopic (exact) mass is 408 g/mol. The predicted octanol–water partition coefficient (Wildman–Crippen LogP) is 4.67. The van der Waals surface area contributed by atoms with Crippen molar-refractivity contribution in [2.24, 2.45) is 0 Å². The molecule has 1 aromatic rings. The van der Waals surface area contributed by atoms with Crippen LogP contribution in [0.3, 0.4) is 0 Å². The van der Waals surface area contributed by atoms with E-state index in [0.717, 1.165) is 44.1 Å². The fraction of sp³-hybridized carbons (Fsp3) is 0.750. The van der Waals surface area contributed by atoms with Crippen molar-refractivity contribution < 1.29 is 24.1 Å². The lowest BCUT2D eigenvalue weighted by molar-refractivity contribution is -0.266. The molecule has 2 rings (SSSR count). The third-order valence-electron chi connectivity index (χ3n) is 5.37. The predicted molar refractivity (Wildman–Crippen MR) is 115 cm³/mol. The molecule has 0 spiro atoms. The molecule has 0 aliphatic carbocycles. The molecule has 0 bridgehead atoms. The van der Waals surface area contributed by atoms with E-state index < -0.39 is 6.10 Å². The molecule has 0 aromatic heterocycles. The molecule has 29 heavy (non-hydrogen) atoms. The van der Waals surface area contributed by atoms with Gasteiger partial charge >= 0.3 is 0 Å². The van der Waals surface area contributed by atoms with Gasteiger partial charge in [0.25, 0.3) is 0 Å². The summed E-state index contributed by atoms with van der Waals surface area (Å²) in [6.07, 6.45) is 4.54. The minimum absolute atomic E-state index is 0.102. The van der Waals surface area contributed by atoms with E-state index in [1.165, 1.54) is 0 Å². The zero-order valence-corrected chi connectivity index (χ0v) is 18.4. The van der Waals surface area contributed by atoms with Gasteiger partial charge in [-0.25, -0.2) is 0 Å². The van der Waals surface area contributed by atoms with Gasteiger partial charge < -0.3 is 24.1 Å². The van der Waals surface area contributed by atoms with Gasteiger partial charge in [0.2, 0.25) is 0 Å². The number of hydrogen-bond donors (Lipinski definition) is 1. The zero-order valence-electron chi connectivity index (χ0n) is 18.4. The van der Waals surface area contributed by atoms with E-state index >= 15 is 0 Å². The summed E-state index contributed by atoms with van der Waals surface area (Å²) in [6.45, 7) is 8.29. The molecule has 1 aliphatic rings.